The molecule has 4 heteroatoms. The van der Waals surface area contributed by atoms with Gasteiger partial charge in [0, 0.05) is 23.3 Å². The van der Waals surface area contributed by atoms with E-state index in [1.165, 1.54) is 6.07 Å². The zero-order valence-electron chi connectivity index (χ0n) is 9.90. The van der Waals surface area contributed by atoms with Gasteiger partial charge in [-0.1, -0.05) is 22.0 Å². The Morgan fingerprint density at radius 1 is 1.33 bits per heavy atom. The lowest BCUT2D eigenvalue weighted by atomic mass is 10.0. The van der Waals surface area contributed by atoms with Crippen LogP contribution in [-0.4, -0.2) is 10.1 Å². The number of nitrogens with zero attached hydrogens (tertiary/aromatic N) is 1. The molecule has 94 valence electrons. The van der Waals surface area contributed by atoms with Crippen LogP contribution >= 0.6 is 15.9 Å². The molecule has 0 radical (unpaired) electrons. The van der Waals surface area contributed by atoms with Crippen molar-refractivity contribution >= 4 is 15.9 Å². The molecule has 0 bridgehead atoms. The molecule has 18 heavy (non-hydrogen) atoms. The van der Waals surface area contributed by atoms with Gasteiger partial charge in [-0.3, -0.25) is 4.98 Å². The lowest BCUT2D eigenvalue weighted by Crippen LogP contribution is -2.04. The molecule has 0 aliphatic carbocycles. The molecule has 0 spiro atoms. The lowest BCUT2D eigenvalue weighted by Gasteiger charge is -2.12. The fourth-order valence-electron chi connectivity index (χ4n) is 1.79. The third-order valence-corrected chi connectivity index (χ3v) is 3.20. The lowest BCUT2D eigenvalue weighted by molar-refractivity contribution is 0.176. The maximum absolute atomic E-state index is 13.6. The Hall–Kier alpha value is -1.26. The van der Waals surface area contributed by atoms with Gasteiger partial charge in [0.2, 0.25) is 0 Å². The third-order valence-electron chi connectivity index (χ3n) is 2.70. The molecule has 0 amide bonds. The fraction of sp³-hybridized carbons (Fsp3) is 0.214. The minimum Gasteiger partial charge on any atom is -0.388 e. The normalized spacial score (nSPS) is 12.4. The van der Waals surface area contributed by atoms with Crippen molar-refractivity contribution in [1.29, 1.82) is 0 Å². The van der Waals surface area contributed by atoms with Crippen LogP contribution in [0.5, 0.6) is 0 Å². The zero-order chi connectivity index (χ0) is 13.1. The van der Waals surface area contributed by atoms with Crippen LogP contribution in [0.2, 0.25) is 0 Å². The van der Waals surface area contributed by atoms with Gasteiger partial charge in [-0.05, 0) is 41.8 Å². The van der Waals surface area contributed by atoms with Crippen molar-refractivity contribution in [2.75, 3.05) is 0 Å². The average molecular weight is 310 g/mol. The van der Waals surface area contributed by atoms with Crippen molar-refractivity contribution in [3.63, 3.8) is 0 Å². The topological polar surface area (TPSA) is 33.1 Å². The highest BCUT2D eigenvalue weighted by Gasteiger charge is 2.12. The largest absolute Gasteiger partial charge is 0.388 e. The number of hydrogen-bond acceptors (Lipinski definition) is 2. The van der Waals surface area contributed by atoms with Crippen LogP contribution in [0.25, 0.3) is 0 Å². The minimum atomic E-state index is -0.749. The first-order chi connectivity index (χ1) is 8.56. The molecule has 1 unspecified atom stereocenters. The Labute approximate surface area is 114 Å². The number of hydrogen-bond donors (Lipinski definition) is 1. The summed E-state index contributed by atoms with van der Waals surface area (Å²) in [6.45, 7) is 1.91. The van der Waals surface area contributed by atoms with Crippen LogP contribution in [0.4, 0.5) is 4.39 Å². The van der Waals surface area contributed by atoms with Crippen LogP contribution in [0, 0.1) is 12.7 Å². The average Bonchev–Trinajstić information content (AvgIpc) is 2.34. The van der Waals surface area contributed by atoms with Gasteiger partial charge in [-0.2, -0.15) is 0 Å². The van der Waals surface area contributed by atoms with Crippen LogP contribution in [0.15, 0.2) is 41.1 Å². The standard InChI is InChI=1S/C14H13BrFNO/c1-9-4-11(8-17-7-9)14(18)6-10-5-12(15)2-3-13(10)16/h2-5,7-8,14,18H,6H2,1H3. The summed E-state index contributed by atoms with van der Waals surface area (Å²) in [5, 5.41) is 10.1. The highest BCUT2D eigenvalue weighted by molar-refractivity contribution is 9.10. The molecule has 0 saturated heterocycles. The van der Waals surface area contributed by atoms with Crippen LogP contribution < -0.4 is 0 Å². The third kappa shape index (κ3) is 3.15. The highest BCUT2D eigenvalue weighted by Crippen LogP contribution is 2.22. The van der Waals surface area contributed by atoms with E-state index in [1.807, 2.05) is 13.0 Å². The van der Waals surface area contributed by atoms with E-state index in [4.69, 9.17) is 0 Å². The summed E-state index contributed by atoms with van der Waals surface area (Å²) in [5.74, 6) is -0.308. The SMILES string of the molecule is Cc1cncc(C(O)Cc2cc(Br)ccc2F)c1. The van der Waals surface area contributed by atoms with Crippen molar-refractivity contribution in [3.05, 3.63) is 63.6 Å². The fourth-order valence-corrected chi connectivity index (χ4v) is 2.19. The van der Waals surface area contributed by atoms with Crippen LogP contribution in [0.1, 0.15) is 22.8 Å². The first-order valence-corrected chi connectivity index (χ1v) is 6.39. The second kappa shape index (κ2) is 5.59. The molecule has 2 aromatic rings. The number of aryl methyl sites for hydroxylation is 1. The number of halogens is 2. The number of rotatable bonds is 3. The van der Waals surface area contributed by atoms with E-state index >= 15 is 0 Å². The second-order valence-corrected chi connectivity index (χ2v) is 5.17. The molecule has 0 fully saturated rings. The molecule has 2 rings (SSSR count). The quantitative estimate of drug-likeness (QED) is 0.940. The molecule has 0 aliphatic heterocycles. The molecule has 1 N–H and O–H groups in total. The van der Waals surface area contributed by atoms with Gasteiger partial charge in [0.1, 0.15) is 5.82 Å². The van der Waals surface area contributed by atoms with E-state index in [9.17, 15) is 9.50 Å². The van der Waals surface area contributed by atoms with Gasteiger partial charge in [-0.15, -0.1) is 0 Å². The van der Waals surface area contributed by atoms with Gasteiger partial charge in [0.05, 0.1) is 6.10 Å². The molecule has 1 atom stereocenters. The predicted molar refractivity (Wildman–Crippen MR) is 71.7 cm³/mol. The van der Waals surface area contributed by atoms with Gasteiger partial charge >= 0.3 is 0 Å². The summed E-state index contributed by atoms with van der Waals surface area (Å²) in [6, 6.07) is 6.56. The monoisotopic (exact) mass is 309 g/mol. The van der Waals surface area contributed by atoms with Crippen molar-refractivity contribution in [2.45, 2.75) is 19.4 Å². The van der Waals surface area contributed by atoms with Crippen molar-refractivity contribution in [3.8, 4) is 0 Å². The van der Waals surface area contributed by atoms with Crippen LogP contribution in [0.3, 0.4) is 0 Å². The molecule has 2 nitrogen and oxygen atoms in total. The number of benzene rings is 1. The second-order valence-electron chi connectivity index (χ2n) is 4.25. The molecule has 1 aromatic carbocycles. The highest BCUT2D eigenvalue weighted by atomic mass is 79.9. The van der Waals surface area contributed by atoms with Crippen LogP contribution in [-0.2, 0) is 6.42 Å². The summed E-state index contributed by atoms with van der Waals surface area (Å²) in [5.41, 5.74) is 2.16. The van der Waals surface area contributed by atoms with Gasteiger partial charge in [0.25, 0.3) is 0 Å². The molecule has 1 heterocycles. The maximum Gasteiger partial charge on any atom is 0.126 e. The predicted octanol–water partition coefficient (Wildman–Crippen LogP) is 3.57. The van der Waals surface area contributed by atoms with E-state index in [1.54, 1.807) is 24.5 Å². The molecular formula is C14H13BrFNO. The van der Waals surface area contributed by atoms with Crippen molar-refractivity contribution < 1.29 is 9.50 Å². The maximum atomic E-state index is 13.6. The molecular weight excluding hydrogens is 297 g/mol. The summed E-state index contributed by atoms with van der Waals surface area (Å²) in [6.07, 6.45) is 2.81. The van der Waals surface area contributed by atoms with E-state index in [2.05, 4.69) is 20.9 Å². The molecule has 0 aliphatic rings. The Morgan fingerprint density at radius 2 is 2.11 bits per heavy atom. The summed E-state index contributed by atoms with van der Waals surface area (Å²) < 4.78 is 14.4. The smallest absolute Gasteiger partial charge is 0.126 e. The first-order valence-electron chi connectivity index (χ1n) is 5.60. The molecule has 1 aromatic heterocycles. The number of aliphatic hydroxyl groups excluding tert-OH is 1. The van der Waals surface area contributed by atoms with Gasteiger partial charge < -0.3 is 5.11 Å². The minimum absolute atomic E-state index is 0.233. The Morgan fingerprint density at radius 3 is 2.83 bits per heavy atom. The van der Waals surface area contributed by atoms with Gasteiger partial charge in [0.15, 0.2) is 0 Å². The summed E-state index contributed by atoms with van der Waals surface area (Å²) in [4.78, 5) is 4.02. The number of aliphatic hydroxyl groups is 1. The zero-order valence-corrected chi connectivity index (χ0v) is 11.5. The number of aromatic nitrogens is 1. The van der Waals surface area contributed by atoms with Gasteiger partial charge in [-0.25, -0.2) is 4.39 Å². The summed E-state index contributed by atoms with van der Waals surface area (Å²) in [7, 11) is 0. The molecule has 0 saturated carbocycles. The van der Waals surface area contributed by atoms with Crippen molar-refractivity contribution in [1.82, 2.24) is 4.98 Å². The van der Waals surface area contributed by atoms with E-state index in [0.29, 0.717) is 11.1 Å². The Balaban J connectivity index is 2.21. The van der Waals surface area contributed by atoms with E-state index in [-0.39, 0.29) is 12.2 Å². The van der Waals surface area contributed by atoms with E-state index in [0.717, 1.165) is 10.0 Å². The Kier molecular flexibility index (Phi) is 4.09. The Bertz CT molecular complexity index is 559. The summed E-state index contributed by atoms with van der Waals surface area (Å²) >= 11 is 3.29. The van der Waals surface area contributed by atoms with Crippen molar-refractivity contribution in [2.24, 2.45) is 0 Å². The number of pyridine rings is 1. The first kappa shape index (κ1) is 13.2. The van der Waals surface area contributed by atoms with E-state index < -0.39 is 6.10 Å².